The number of amides is 1. The molecule has 1 aliphatic rings. The molecule has 3 aromatic rings. The molecular formula is C21H26N4O2. The van der Waals surface area contributed by atoms with E-state index in [9.17, 15) is 4.79 Å². The molecule has 0 spiro atoms. The van der Waals surface area contributed by atoms with Crippen LogP contribution in [0.15, 0.2) is 28.8 Å². The van der Waals surface area contributed by atoms with E-state index in [4.69, 9.17) is 4.52 Å². The topological polar surface area (TPSA) is 75.0 Å². The number of aromatic amines is 1. The number of rotatable bonds is 2. The lowest BCUT2D eigenvalue weighted by Crippen LogP contribution is -2.38. The summed E-state index contributed by atoms with van der Waals surface area (Å²) in [5.74, 6) is 1.66. The Morgan fingerprint density at radius 1 is 1.22 bits per heavy atom. The number of H-pyrrole nitrogens is 1. The molecule has 0 saturated carbocycles. The summed E-state index contributed by atoms with van der Waals surface area (Å²) in [6, 6.07) is 8.34. The van der Waals surface area contributed by atoms with Gasteiger partial charge in [0.25, 0.3) is 5.91 Å². The molecule has 1 fully saturated rings. The van der Waals surface area contributed by atoms with Crippen LogP contribution in [0.5, 0.6) is 0 Å². The van der Waals surface area contributed by atoms with Crippen LogP contribution in [-0.4, -0.2) is 39.0 Å². The van der Waals surface area contributed by atoms with Gasteiger partial charge in [0.05, 0.1) is 0 Å². The van der Waals surface area contributed by atoms with Crippen molar-refractivity contribution >= 4 is 16.8 Å². The Bertz CT molecular complexity index is 972. The minimum absolute atomic E-state index is 0.0590. The minimum atomic E-state index is 0.0590. The van der Waals surface area contributed by atoms with Gasteiger partial charge in [0, 0.05) is 29.9 Å². The maximum Gasteiger partial charge on any atom is 0.270 e. The molecule has 0 radical (unpaired) electrons. The van der Waals surface area contributed by atoms with Gasteiger partial charge in [0.15, 0.2) is 5.82 Å². The molecule has 142 valence electrons. The Morgan fingerprint density at radius 2 is 1.96 bits per heavy atom. The Kier molecular flexibility index (Phi) is 4.29. The van der Waals surface area contributed by atoms with E-state index < -0.39 is 0 Å². The summed E-state index contributed by atoms with van der Waals surface area (Å²) in [5.41, 5.74) is 3.01. The van der Waals surface area contributed by atoms with E-state index in [0.717, 1.165) is 23.7 Å². The highest BCUT2D eigenvalue weighted by molar-refractivity contribution is 5.98. The number of piperidine rings is 1. The number of nitrogens with one attached hydrogen (secondary N) is 1. The van der Waals surface area contributed by atoms with Gasteiger partial charge in [0.2, 0.25) is 5.89 Å². The summed E-state index contributed by atoms with van der Waals surface area (Å²) in [5, 5.41) is 4.94. The first-order valence-corrected chi connectivity index (χ1v) is 9.54. The molecule has 3 heterocycles. The second-order valence-corrected chi connectivity index (χ2v) is 8.48. The smallest absolute Gasteiger partial charge is 0.270 e. The molecule has 0 atom stereocenters. The van der Waals surface area contributed by atoms with Crippen LogP contribution in [0.4, 0.5) is 0 Å². The van der Waals surface area contributed by atoms with Crippen LogP contribution in [0.3, 0.4) is 0 Å². The van der Waals surface area contributed by atoms with Crippen LogP contribution in [0.2, 0.25) is 0 Å². The zero-order valence-electron chi connectivity index (χ0n) is 16.4. The Morgan fingerprint density at radius 3 is 2.59 bits per heavy atom. The maximum absolute atomic E-state index is 12.9. The lowest BCUT2D eigenvalue weighted by Gasteiger charge is -2.30. The summed E-state index contributed by atoms with van der Waals surface area (Å²) >= 11 is 0. The summed E-state index contributed by atoms with van der Waals surface area (Å²) in [4.78, 5) is 22.5. The lowest BCUT2D eigenvalue weighted by atomic mass is 9.87. The molecule has 1 N–H and O–H groups in total. The number of nitrogens with zero attached hydrogens (tertiary/aromatic N) is 3. The minimum Gasteiger partial charge on any atom is -0.351 e. The van der Waals surface area contributed by atoms with E-state index >= 15 is 0 Å². The Labute approximate surface area is 158 Å². The Hall–Kier alpha value is -2.63. The molecule has 6 nitrogen and oxygen atoms in total. The quantitative estimate of drug-likeness (QED) is 0.738. The highest BCUT2D eigenvalue weighted by atomic mass is 16.5. The van der Waals surface area contributed by atoms with Gasteiger partial charge in [0.1, 0.15) is 5.69 Å². The van der Waals surface area contributed by atoms with Gasteiger partial charge in [-0.25, -0.2) is 0 Å². The highest BCUT2D eigenvalue weighted by Gasteiger charge is 2.28. The number of hydrogen-bond donors (Lipinski definition) is 1. The van der Waals surface area contributed by atoms with Gasteiger partial charge >= 0.3 is 0 Å². The SMILES string of the molecule is Cc1noc(C2CCN(C(=O)c3cc4ccc(C(C)(C)C)cc4[nH]3)CC2)n1. The summed E-state index contributed by atoms with van der Waals surface area (Å²) < 4.78 is 5.29. The normalized spacial score (nSPS) is 16.2. The van der Waals surface area contributed by atoms with Crippen LogP contribution in [-0.2, 0) is 5.41 Å². The van der Waals surface area contributed by atoms with E-state index in [1.165, 1.54) is 5.56 Å². The van der Waals surface area contributed by atoms with Gasteiger partial charge in [-0.1, -0.05) is 38.1 Å². The number of benzene rings is 1. The van der Waals surface area contributed by atoms with Crippen molar-refractivity contribution in [3.05, 3.63) is 47.2 Å². The predicted molar refractivity (Wildman–Crippen MR) is 104 cm³/mol. The lowest BCUT2D eigenvalue weighted by molar-refractivity contribution is 0.0699. The van der Waals surface area contributed by atoms with E-state index in [-0.39, 0.29) is 17.2 Å². The second kappa shape index (κ2) is 6.51. The molecule has 1 aliphatic heterocycles. The fourth-order valence-corrected chi connectivity index (χ4v) is 3.69. The first-order chi connectivity index (χ1) is 12.8. The van der Waals surface area contributed by atoms with Gasteiger partial charge in [-0.2, -0.15) is 4.98 Å². The number of carbonyl (C=O) groups excluding carboxylic acids is 1. The van der Waals surface area contributed by atoms with Crippen molar-refractivity contribution in [1.29, 1.82) is 0 Å². The fourth-order valence-electron chi connectivity index (χ4n) is 3.69. The molecule has 4 rings (SSSR count). The first-order valence-electron chi connectivity index (χ1n) is 9.54. The molecule has 2 aromatic heterocycles. The summed E-state index contributed by atoms with van der Waals surface area (Å²) in [6.45, 7) is 9.81. The number of carbonyl (C=O) groups is 1. The van der Waals surface area contributed by atoms with Crippen molar-refractivity contribution in [2.24, 2.45) is 0 Å². The second-order valence-electron chi connectivity index (χ2n) is 8.48. The maximum atomic E-state index is 12.9. The van der Waals surface area contributed by atoms with E-state index in [1.807, 2.05) is 17.9 Å². The molecule has 0 aliphatic carbocycles. The van der Waals surface area contributed by atoms with Crippen LogP contribution in [0.1, 0.15) is 67.3 Å². The van der Waals surface area contributed by atoms with Gasteiger partial charge in [-0.3, -0.25) is 4.79 Å². The molecule has 1 aromatic carbocycles. The molecule has 0 bridgehead atoms. The summed E-state index contributed by atoms with van der Waals surface area (Å²) in [7, 11) is 0. The molecule has 1 amide bonds. The molecule has 6 heteroatoms. The van der Waals surface area contributed by atoms with E-state index in [0.29, 0.717) is 30.5 Å². The van der Waals surface area contributed by atoms with Crippen LogP contribution in [0, 0.1) is 6.92 Å². The monoisotopic (exact) mass is 366 g/mol. The van der Waals surface area contributed by atoms with E-state index in [1.54, 1.807) is 0 Å². The average molecular weight is 366 g/mol. The third kappa shape index (κ3) is 3.48. The van der Waals surface area contributed by atoms with Crippen LogP contribution >= 0.6 is 0 Å². The van der Waals surface area contributed by atoms with Gasteiger partial charge in [-0.15, -0.1) is 0 Å². The number of fused-ring (bicyclic) bond motifs is 1. The molecule has 1 saturated heterocycles. The average Bonchev–Trinajstić information content (AvgIpc) is 3.26. The molecule has 27 heavy (non-hydrogen) atoms. The first kappa shape index (κ1) is 17.8. The summed E-state index contributed by atoms with van der Waals surface area (Å²) in [6.07, 6.45) is 1.70. The van der Waals surface area contributed by atoms with E-state index in [2.05, 4.69) is 54.1 Å². The third-order valence-corrected chi connectivity index (χ3v) is 5.39. The van der Waals surface area contributed by atoms with Gasteiger partial charge < -0.3 is 14.4 Å². The fraction of sp³-hybridized carbons (Fsp3) is 0.476. The number of aryl methyl sites for hydroxylation is 1. The van der Waals surface area contributed by atoms with Crippen LogP contribution in [0.25, 0.3) is 10.9 Å². The molecular weight excluding hydrogens is 340 g/mol. The standard InChI is InChI=1S/C21H26N4O2/c1-13-22-19(27-24-13)14-7-9-25(10-8-14)20(26)18-11-15-5-6-16(21(2,3)4)12-17(15)23-18/h5-6,11-12,14,23H,7-10H2,1-4H3. The zero-order chi connectivity index (χ0) is 19.2. The number of aromatic nitrogens is 3. The Balaban J connectivity index is 1.48. The number of hydrogen-bond acceptors (Lipinski definition) is 4. The largest absolute Gasteiger partial charge is 0.351 e. The van der Waals surface area contributed by atoms with Crippen LogP contribution < -0.4 is 0 Å². The van der Waals surface area contributed by atoms with Crippen molar-refractivity contribution in [3.63, 3.8) is 0 Å². The van der Waals surface area contributed by atoms with Gasteiger partial charge in [-0.05, 0) is 42.9 Å². The highest BCUT2D eigenvalue weighted by Crippen LogP contribution is 2.29. The van der Waals surface area contributed by atoms with Crippen molar-refractivity contribution in [3.8, 4) is 0 Å². The van der Waals surface area contributed by atoms with Crippen molar-refractivity contribution < 1.29 is 9.32 Å². The zero-order valence-corrected chi connectivity index (χ0v) is 16.4. The third-order valence-electron chi connectivity index (χ3n) is 5.39. The van der Waals surface area contributed by atoms with Crippen molar-refractivity contribution in [2.75, 3.05) is 13.1 Å². The predicted octanol–water partition coefficient (Wildman–Crippen LogP) is 4.18. The molecule has 0 unspecified atom stereocenters. The number of likely N-dealkylation sites (tertiary alicyclic amines) is 1. The van der Waals surface area contributed by atoms with Crippen molar-refractivity contribution in [2.45, 2.75) is 51.9 Å². The van der Waals surface area contributed by atoms with Crippen molar-refractivity contribution in [1.82, 2.24) is 20.0 Å².